The lowest BCUT2D eigenvalue weighted by molar-refractivity contribution is -0.274. The van der Waals surface area contributed by atoms with Crippen molar-refractivity contribution >= 4 is 15.8 Å². The average molecular weight is 738 g/mol. The van der Waals surface area contributed by atoms with E-state index >= 15 is 4.39 Å². The molecule has 1 aliphatic rings. The molecule has 15 heteroatoms. The van der Waals surface area contributed by atoms with E-state index in [9.17, 15) is 39.6 Å². The van der Waals surface area contributed by atoms with Gasteiger partial charge in [-0.3, -0.25) is 4.79 Å². The third-order valence-electron chi connectivity index (χ3n) is 8.76. The number of carbonyl (C=O) groups excluding carboxylic acids is 1. The van der Waals surface area contributed by atoms with Crippen LogP contribution in [0.15, 0.2) is 89.8 Å². The minimum atomic E-state index is -4.95. The maximum Gasteiger partial charge on any atom is 0.573 e. The van der Waals surface area contributed by atoms with Crippen LogP contribution in [-0.2, 0) is 27.7 Å². The summed E-state index contributed by atoms with van der Waals surface area (Å²) in [6.45, 7) is 2.14. The molecule has 1 aliphatic heterocycles. The number of sulfonamides is 1. The second kappa shape index (κ2) is 15.5. The van der Waals surface area contributed by atoms with Crippen LogP contribution in [0, 0.1) is 23.3 Å². The van der Waals surface area contributed by atoms with E-state index in [4.69, 9.17) is 5.73 Å². The molecule has 0 saturated carbocycles. The summed E-state index contributed by atoms with van der Waals surface area (Å²) in [5.74, 6) is -5.30. The van der Waals surface area contributed by atoms with E-state index in [2.05, 4.69) is 10.1 Å². The third-order valence-corrected chi connectivity index (χ3v) is 10.8. The molecule has 0 radical (unpaired) electrons. The molecule has 0 unspecified atom stereocenters. The summed E-state index contributed by atoms with van der Waals surface area (Å²) in [5, 5.41) is 3.15. The summed E-state index contributed by atoms with van der Waals surface area (Å²) in [4.78, 5) is 13.5. The van der Waals surface area contributed by atoms with Gasteiger partial charge in [0.2, 0.25) is 10.0 Å². The zero-order chi connectivity index (χ0) is 37.1. The molecule has 272 valence electrons. The van der Waals surface area contributed by atoms with E-state index in [1.165, 1.54) is 34.6 Å². The number of nitrogens with two attached hydrogens (primary N) is 1. The van der Waals surface area contributed by atoms with Crippen molar-refractivity contribution in [2.24, 2.45) is 5.73 Å². The molecule has 1 fully saturated rings. The summed E-state index contributed by atoms with van der Waals surface area (Å²) in [6, 6.07) is 13.0. The van der Waals surface area contributed by atoms with Crippen LogP contribution in [0.5, 0.6) is 5.75 Å². The van der Waals surface area contributed by atoms with Crippen LogP contribution >= 0.6 is 0 Å². The molecule has 3 N–H and O–H groups in total. The Hall–Kier alpha value is -4.31. The number of nitrogens with one attached hydrogen (secondary N) is 1. The number of ether oxygens (including phenoxy) is 1. The number of nitrogens with zero attached hydrogens (tertiary/aromatic N) is 1. The molecule has 1 heterocycles. The van der Waals surface area contributed by atoms with Gasteiger partial charge in [0.1, 0.15) is 29.0 Å². The van der Waals surface area contributed by atoms with Gasteiger partial charge in [0.05, 0.1) is 10.9 Å². The number of alkyl halides is 3. The number of hydrogen-bond acceptors (Lipinski definition) is 6. The van der Waals surface area contributed by atoms with Crippen molar-refractivity contribution < 1.29 is 48.7 Å². The minimum absolute atomic E-state index is 0.00945. The quantitative estimate of drug-likeness (QED) is 0.164. The van der Waals surface area contributed by atoms with E-state index in [1.807, 2.05) is 0 Å². The highest BCUT2D eigenvalue weighted by molar-refractivity contribution is 7.89. The van der Waals surface area contributed by atoms with Crippen molar-refractivity contribution in [3.05, 3.63) is 130 Å². The lowest BCUT2D eigenvalue weighted by Crippen LogP contribution is -2.58. The van der Waals surface area contributed by atoms with Crippen LogP contribution in [-0.4, -0.2) is 56.1 Å². The average Bonchev–Trinajstić information content (AvgIpc) is 3.04. The summed E-state index contributed by atoms with van der Waals surface area (Å²) in [6.07, 6.45) is -5.24. The Morgan fingerprint density at radius 1 is 0.902 bits per heavy atom. The number of carbonyl (C=O) groups is 1. The standard InChI is InChI=1S/C36H34F7N3O4S/c1-21-19-45-20-28(46(21)51(48,49)30-12-10-29(11-13-30)50-36(41,42)43)9-14-31-23(3-2-4-32(31)40)17-33(47)35(44)34(22-5-7-25(37)8-6-22)24-15-26(38)18-27(39)16-24/h2-8,10-13,15-16,18,21,28,34-35,45H,9,14,17,19-20,44H2,1H3/t21-,28+,34+,35-/m1/s1. The highest BCUT2D eigenvalue weighted by Gasteiger charge is 2.38. The van der Waals surface area contributed by atoms with Crippen LogP contribution in [0.2, 0.25) is 0 Å². The molecule has 5 rings (SSSR count). The predicted molar refractivity (Wildman–Crippen MR) is 174 cm³/mol. The van der Waals surface area contributed by atoms with E-state index in [0.717, 1.165) is 48.5 Å². The predicted octanol–water partition coefficient (Wildman–Crippen LogP) is 6.40. The van der Waals surface area contributed by atoms with Crippen LogP contribution < -0.4 is 15.8 Å². The van der Waals surface area contributed by atoms with Gasteiger partial charge in [-0.05, 0) is 96.6 Å². The molecule has 0 amide bonds. The number of benzene rings is 4. The van der Waals surface area contributed by atoms with Gasteiger partial charge in [0, 0.05) is 43.6 Å². The van der Waals surface area contributed by atoms with E-state index in [1.54, 1.807) is 6.92 Å². The molecule has 0 spiro atoms. The fourth-order valence-electron chi connectivity index (χ4n) is 6.48. The van der Waals surface area contributed by atoms with Gasteiger partial charge in [0.15, 0.2) is 5.78 Å². The molecular formula is C36H34F7N3O4S. The van der Waals surface area contributed by atoms with Crippen molar-refractivity contribution in [2.45, 2.75) is 61.5 Å². The first-order valence-corrected chi connectivity index (χ1v) is 17.3. The second-order valence-corrected chi connectivity index (χ2v) is 14.2. The minimum Gasteiger partial charge on any atom is -0.406 e. The largest absolute Gasteiger partial charge is 0.573 e. The zero-order valence-electron chi connectivity index (χ0n) is 27.1. The molecule has 0 bridgehead atoms. The SMILES string of the molecule is C[C@@H]1CNC[C@H](CCc2c(F)cccc2CC(=O)[C@@H](N)[C@@H](c2ccc(F)cc2)c2cc(F)cc(F)c2)N1S(=O)(=O)c1ccc(OC(F)(F)F)cc1. The lowest BCUT2D eigenvalue weighted by atomic mass is 9.82. The molecule has 0 aromatic heterocycles. The Balaban J connectivity index is 1.37. The number of Topliss-reactive ketones (excluding diaryl/α,β-unsaturated/α-hetero) is 1. The summed E-state index contributed by atoms with van der Waals surface area (Å²) >= 11 is 0. The molecule has 51 heavy (non-hydrogen) atoms. The smallest absolute Gasteiger partial charge is 0.406 e. The van der Waals surface area contributed by atoms with Crippen molar-refractivity contribution in [1.29, 1.82) is 0 Å². The topological polar surface area (TPSA) is 102 Å². The third kappa shape index (κ3) is 9.14. The normalized spacial score (nSPS) is 18.3. The van der Waals surface area contributed by atoms with Crippen molar-refractivity contribution in [3.8, 4) is 5.75 Å². The molecular weight excluding hydrogens is 703 g/mol. The molecule has 1 saturated heterocycles. The van der Waals surface area contributed by atoms with Crippen LogP contribution in [0.4, 0.5) is 30.7 Å². The Bertz CT molecular complexity index is 1940. The molecule has 4 aromatic rings. The molecule has 4 aromatic carbocycles. The van der Waals surface area contributed by atoms with Gasteiger partial charge in [-0.1, -0.05) is 24.3 Å². The summed E-state index contributed by atoms with van der Waals surface area (Å²) < 4.78 is 128. The van der Waals surface area contributed by atoms with E-state index in [0.29, 0.717) is 11.6 Å². The number of hydrogen-bond donors (Lipinski definition) is 2. The van der Waals surface area contributed by atoms with Gasteiger partial charge in [-0.15, -0.1) is 13.2 Å². The Kier molecular flexibility index (Phi) is 11.5. The zero-order valence-corrected chi connectivity index (χ0v) is 28.0. The highest BCUT2D eigenvalue weighted by Crippen LogP contribution is 2.32. The van der Waals surface area contributed by atoms with Gasteiger partial charge in [0.25, 0.3) is 0 Å². The Morgan fingerprint density at radius 2 is 1.55 bits per heavy atom. The summed E-state index contributed by atoms with van der Waals surface area (Å²) in [5.41, 5.74) is 7.21. The fraction of sp³-hybridized carbons (Fsp3) is 0.306. The van der Waals surface area contributed by atoms with Gasteiger partial charge in [-0.2, -0.15) is 4.31 Å². The number of halogens is 7. The first-order chi connectivity index (χ1) is 24.0. The number of ketones is 1. The first-order valence-electron chi connectivity index (χ1n) is 15.9. The molecule has 0 aliphatic carbocycles. The Labute approximate surface area is 290 Å². The van der Waals surface area contributed by atoms with Gasteiger partial charge < -0.3 is 15.8 Å². The number of piperazine rings is 1. The van der Waals surface area contributed by atoms with Crippen molar-refractivity contribution in [2.75, 3.05) is 13.1 Å². The highest BCUT2D eigenvalue weighted by atomic mass is 32.2. The van der Waals surface area contributed by atoms with E-state index < -0.39 is 75.2 Å². The molecule has 4 atom stereocenters. The van der Waals surface area contributed by atoms with Crippen LogP contribution in [0.3, 0.4) is 0 Å². The van der Waals surface area contributed by atoms with E-state index in [-0.39, 0.29) is 53.9 Å². The maximum atomic E-state index is 15.4. The molecule has 7 nitrogen and oxygen atoms in total. The van der Waals surface area contributed by atoms with Crippen LogP contribution in [0.1, 0.15) is 41.5 Å². The summed E-state index contributed by atoms with van der Waals surface area (Å²) in [7, 11) is -4.23. The Morgan fingerprint density at radius 3 is 2.18 bits per heavy atom. The maximum absolute atomic E-state index is 15.4. The lowest BCUT2D eigenvalue weighted by Gasteiger charge is -2.40. The van der Waals surface area contributed by atoms with Crippen LogP contribution in [0.25, 0.3) is 0 Å². The van der Waals surface area contributed by atoms with Gasteiger partial charge in [-0.25, -0.2) is 26.0 Å². The van der Waals surface area contributed by atoms with Gasteiger partial charge >= 0.3 is 6.36 Å². The fourth-order valence-corrected chi connectivity index (χ4v) is 8.32. The van der Waals surface area contributed by atoms with Crippen molar-refractivity contribution in [3.63, 3.8) is 0 Å². The first kappa shape index (κ1) is 37.9. The van der Waals surface area contributed by atoms with Crippen molar-refractivity contribution in [1.82, 2.24) is 9.62 Å². The number of rotatable bonds is 12. The monoisotopic (exact) mass is 737 g/mol. The second-order valence-electron chi connectivity index (χ2n) is 12.3.